The second-order valence-electron chi connectivity index (χ2n) is 6.51. The van der Waals surface area contributed by atoms with Crippen LogP contribution in [0.25, 0.3) is 0 Å². The molecular weight excluding hydrogens is 534 g/mol. The van der Waals surface area contributed by atoms with E-state index in [-0.39, 0.29) is 48.7 Å². The van der Waals surface area contributed by atoms with Crippen LogP contribution in [0.15, 0.2) is 59.5 Å². The van der Waals surface area contributed by atoms with E-state index in [1.807, 2.05) is 0 Å². The molecule has 0 aromatic heterocycles. The van der Waals surface area contributed by atoms with E-state index in [0.717, 1.165) is 0 Å². The fraction of sp³-hybridized carbons (Fsp3) is 0.0952. The predicted octanol–water partition coefficient (Wildman–Crippen LogP) is 6.13. The number of benzene rings is 3. The van der Waals surface area contributed by atoms with Gasteiger partial charge in [-0.1, -0.05) is 46.4 Å². The van der Waals surface area contributed by atoms with Gasteiger partial charge in [0, 0.05) is 0 Å². The lowest BCUT2D eigenvalue weighted by atomic mass is 10.3. The first-order chi connectivity index (χ1) is 15.6. The van der Waals surface area contributed by atoms with Gasteiger partial charge in [-0.25, -0.2) is 8.42 Å². The van der Waals surface area contributed by atoms with Crippen LogP contribution in [0.5, 0.6) is 11.5 Å². The summed E-state index contributed by atoms with van der Waals surface area (Å²) in [5, 5.41) is 3.54. The van der Waals surface area contributed by atoms with Gasteiger partial charge in [-0.15, -0.1) is 0 Å². The van der Waals surface area contributed by atoms with E-state index in [1.165, 1.54) is 55.6 Å². The maximum absolute atomic E-state index is 12.6. The zero-order valence-corrected chi connectivity index (χ0v) is 20.7. The van der Waals surface area contributed by atoms with Gasteiger partial charge in [0.25, 0.3) is 15.9 Å². The molecular formula is C21H16Cl4N2O5S. The first-order valence-electron chi connectivity index (χ1n) is 9.12. The molecule has 0 spiro atoms. The molecule has 0 saturated carbocycles. The van der Waals surface area contributed by atoms with E-state index in [4.69, 9.17) is 55.9 Å². The topological polar surface area (TPSA) is 93.7 Å². The number of carbonyl (C=O) groups is 1. The Hall–Kier alpha value is -2.36. The molecule has 1 amide bonds. The number of sulfonamides is 1. The van der Waals surface area contributed by atoms with Crippen LogP contribution in [-0.2, 0) is 14.8 Å². The van der Waals surface area contributed by atoms with E-state index >= 15 is 0 Å². The summed E-state index contributed by atoms with van der Waals surface area (Å²) < 4.78 is 38.1. The molecule has 3 rings (SSSR count). The third-order valence-electron chi connectivity index (χ3n) is 4.19. The van der Waals surface area contributed by atoms with Gasteiger partial charge in [-0.2, -0.15) is 0 Å². The summed E-state index contributed by atoms with van der Waals surface area (Å²) in [5.41, 5.74) is 0.560. The van der Waals surface area contributed by atoms with Crippen LogP contribution in [0.1, 0.15) is 0 Å². The van der Waals surface area contributed by atoms with Gasteiger partial charge in [-0.3, -0.25) is 9.52 Å². The molecule has 0 saturated heterocycles. The summed E-state index contributed by atoms with van der Waals surface area (Å²) in [5.74, 6) is 0.216. The molecule has 3 aromatic rings. The summed E-state index contributed by atoms with van der Waals surface area (Å²) in [4.78, 5) is 12.1. The van der Waals surface area contributed by atoms with E-state index < -0.39 is 15.9 Å². The third-order valence-corrected chi connectivity index (χ3v) is 6.92. The Morgan fingerprint density at radius 3 is 2.18 bits per heavy atom. The Labute approximate surface area is 210 Å². The second-order valence-corrected chi connectivity index (χ2v) is 9.82. The van der Waals surface area contributed by atoms with E-state index in [9.17, 15) is 13.2 Å². The van der Waals surface area contributed by atoms with Crippen LogP contribution in [0.3, 0.4) is 0 Å². The number of hydrogen-bond acceptors (Lipinski definition) is 5. The minimum Gasteiger partial charge on any atom is -0.495 e. The highest BCUT2D eigenvalue weighted by Gasteiger charge is 2.16. The molecule has 0 aliphatic carbocycles. The van der Waals surface area contributed by atoms with Crippen LogP contribution in [0, 0.1) is 0 Å². The van der Waals surface area contributed by atoms with Crippen molar-refractivity contribution in [3.05, 3.63) is 74.7 Å². The molecule has 33 heavy (non-hydrogen) atoms. The Morgan fingerprint density at radius 2 is 1.55 bits per heavy atom. The quantitative estimate of drug-likeness (QED) is 0.330. The highest BCUT2D eigenvalue weighted by Crippen LogP contribution is 2.32. The molecule has 3 aromatic carbocycles. The number of hydrogen-bond donors (Lipinski definition) is 2. The number of nitrogens with one attached hydrogen (secondary N) is 2. The van der Waals surface area contributed by atoms with Crippen molar-refractivity contribution >= 4 is 73.7 Å². The van der Waals surface area contributed by atoms with Crippen molar-refractivity contribution in [2.75, 3.05) is 23.8 Å². The number of carbonyl (C=O) groups excluding carboxylic acids is 1. The van der Waals surface area contributed by atoms with Gasteiger partial charge in [0.05, 0.1) is 43.5 Å². The Bertz CT molecular complexity index is 1280. The van der Waals surface area contributed by atoms with Crippen LogP contribution in [0.2, 0.25) is 20.1 Å². The van der Waals surface area contributed by atoms with E-state index in [1.54, 1.807) is 6.07 Å². The highest BCUT2D eigenvalue weighted by atomic mass is 35.5. The maximum atomic E-state index is 12.6. The lowest BCUT2D eigenvalue weighted by molar-refractivity contribution is -0.118. The maximum Gasteiger partial charge on any atom is 0.262 e. The minimum absolute atomic E-state index is 0.00571. The molecule has 0 aliphatic rings. The molecule has 0 heterocycles. The number of ether oxygens (including phenoxy) is 2. The van der Waals surface area contributed by atoms with Crippen LogP contribution < -0.4 is 19.5 Å². The van der Waals surface area contributed by atoms with Crippen LogP contribution in [0.4, 0.5) is 11.4 Å². The molecule has 7 nitrogen and oxygen atoms in total. The second kappa shape index (κ2) is 10.7. The summed E-state index contributed by atoms with van der Waals surface area (Å²) in [7, 11) is -2.41. The molecule has 0 atom stereocenters. The van der Waals surface area contributed by atoms with Gasteiger partial charge in [-0.05, 0) is 54.6 Å². The van der Waals surface area contributed by atoms with Gasteiger partial charge < -0.3 is 14.8 Å². The monoisotopic (exact) mass is 548 g/mol. The molecule has 0 aliphatic heterocycles. The molecule has 12 heteroatoms. The largest absolute Gasteiger partial charge is 0.495 e. The average molecular weight is 550 g/mol. The number of rotatable bonds is 8. The summed E-state index contributed by atoms with van der Waals surface area (Å²) in [6.07, 6.45) is 0. The highest BCUT2D eigenvalue weighted by molar-refractivity contribution is 7.92. The molecule has 0 radical (unpaired) electrons. The molecule has 174 valence electrons. The minimum atomic E-state index is -3.87. The van der Waals surface area contributed by atoms with Gasteiger partial charge in [0.1, 0.15) is 11.5 Å². The third kappa shape index (κ3) is 6.59. The zero-order valence-electron chi connectivity index (χ0n) is 16.9. The fourth-order valence-corrected chi connectivity index (χ4v) is 4.51. The number of methoxy groups -OCH3 is 1. The zero-order chi connectivity index (χ0) is 24.2. The summed E-state index contributed by atoms with van der Waals surface area (Å²) >= 11 is 23.8. The van der Waals surface area contributed by atoms with Crippen LogP contribution >= 0.6 is 46.4 Å². The Balaban J connectivity index is 1.61. The Morgan fingerprint density at radius 1 is 0.879 bits per heavy atom. The van der Waals surface area contributed by atoms with Crippen molar-refractivity contribution in [1.82, 2.24) is 0 Å². The number of halogens is 4. The van der Waals surface area contributed by atoms with E-state index in [0.29, 0.717) is 5.75 Å². The van der Waals surface area contributed by atoms with Crippen molar-refractivity contribution in [3.63, 3.8) is 0 Å². The van der Waals surface area contributed by atoms with Gasteiger partial charge in [0.2, 0.25) is 0 Å². The molecule has 0 bridgehead atoms. The van der Waals surface area contributed by atoms with Crippen molar-refractivity contribution in [3.8, 4) is 11.5 Å². The summed E-state index contributed by atoms with van der Waals surface area (Å²) in [6.45, 7) is -0.342. The smallest absolute Gasteiger partial charge is 0.262 e. The average Bonchev–Trinajstić information content (AvgIpc) is 2.76. The number of anilines is 2. The molecule has 0 fully saturated rings. The van der Waals surface area contributed by atoms with Crippen molar-refractivity contribution in [2.24, 2.45) is 0 Å². The molecule has 2 N–H and O–H groups in total. The Kier molecular flexibility index (Phi) is 8.20. The normalized spacial score (nSPS) is 11.1. The summed E-state index contributed by atoms with van der Waals surface area (Å²) in [6, 6.07) is 12.9. The lowest BCUT2D eigenvalue weighted by Crippen LogP contribution is -2.20. The fourth-order valence-electron chi connectivity index (χ4n) is 2.61. The standard InChI is InChI=1S/C21H16Cl4N2O5S/c1-31-20-7-2-12(8-18(20)25)27-33(29,30)14-5-3-13(4-6-14)32-11-21(28)26-19-10-16(23)15(22)9-17(19)24/h2-10,27H,11H2,1H3,(H,26,28). The van der Waals surface area contributed by atoms with Gasteiger partial charge in [0.15, 0.2) is 6.61 Å². The van der Waals surface area contributed by atoms with Crippen LogP contribution in [-0.4, -0.2) is 28.0 Å². The number of amides is 1. The lowest BCUT2D eigenvalue weighted by Gasteiger charge is -2.11. The van der Waals surface area contributed by atoms with Gasteiger partial charge >= 0.3 is 0 Å². The van der Waals surface area contributed by atoms with Crippen molar-refractivity contribution in [2.45, 2.75) is 4.90 Å². The SMILES string of the molecule is COc1ccc(NS(=O)(=O)c2ccc(OCC(=O)Nc3cc(Cl)c(Cl)cc3Cl)cc2)cc1Cl. The first-order valence-corrected chi connectivity index (χ1v) is 12.1. The predicted molar refractivity (Wildman–Crippen MR) is 131 cm³/mol. The van der Waals surface area contributed by atoms with E-state index in [2.05, 4.69) is 10.0 Å². The van der Waals surface area contributed by atoms with Crippen molar-refractivity contribution in [1.29, 1.82) is 0 Å². The first kappa shape index (κ1) is 25.3. The van der Waals surface area contributed by atoms with Crippen molar-refractivity contribution < 1.29 is 22.7 Å². The molecule has 0 unspecified atom stereocenters.